The molecule has 0 aliphatic rings. The zero-order valence-electron chi connectivity index (χ0n) is 27.9. The summed E-state index contributed by atoms with van der Waals surface area (Å²) < 4.78 is 5.18. The predicted molar refractivity (Wildman–Crippen MR) is 215 cm³/mol. The molecule has 0 aliphatic carbocycles. The molecule has 9 aromatic rings. The van der Waals surface area contributed by atoms with Crippen molar-refractivity contribution in [3.05, 3.63) is 83.9 Å². The summed E-state index contributed by atoms with van der Waals surface area (Å²) in [5, 5.41) is 26.1. The van der Waals surface area contributed by atoms with Gasteiger partial charge in [-0.3, -0.25) is 0 Å². The Morgan fingerprint density at radius 2 is 0.830 bits per heavy atom. The van der Waals surface area contributed by atoms with Crippen molar-refractivity contribution in [2.24, 2.45) is 0 Å². The molecule has 0 spiro atoms. The van der Waals surface area contributed by atoms with E-state index >= 15 is 0 Å². The summed E-state index contributed by atoms with van der Waals surface area (Å²) in [6.07, 6.45) is 0. The van der Waals surface area contributed by atoms with Crippen LogP contribution >= 0.6 is 0 Å². The monoisotopic (exact) mass is 656 g/mol. The first kappa shape index (κ1) is 30.6. The SMILES string of the molecule is [CH2]=[Al][c]1cc2cc(C(C)(C)C)cc3c[c]([Al])c4cc5cc6cc7[c]([Al])cc8cc(C(C)(C)C)cc9c[c]([Al])c(c6cc5c1c4c32)c7c89. The van der Waals surface area contributed by atoms with Crippen LogP contribution in [0.4, 0.5) is 0 Å². The summed E-state index contributed by atoms with van der Waals surface area (Å²) in [5.41, 5.74) is 2.92. The zero-order valence-corrected chi connectivity index (χ0v) is 32.6. The average molecular weight is 657 g/mol. The van der Waals surface area contributed by atoms with E-state index in [4.69, 9.17) is 0 Å². The first-order chi connectivity index (χ1) is 22.2. The minimum atomic E-state index is -0.134. The van der Waals surface area contributed by atoms with E-state index in [0.29, 0.717) is 0 Å². The number of hydrogen-bond donors (Lipinski definition) is 0. The first-order valence-corrected chi connectivity index (χ1v) is 19.6. The minimum absolute atomic E-state index is 0.0807. The van der Waals surface area contributed by atoms with Gasteiger partial charge in [-0.15, -0.1) is 0 Å². The Morgan fingerprint density at radius 1 is 0.404 bits per heavy atom. The number of benzene rings is 9. The molecule has 0 unspecified atom stereocenters. The molecular formula is C43H32Al4. The molecule has 216 valence electrons. The Kier molecular flexibility index (Phi) is 6.56. The third-order valence-electron chi connectivity index (χ3n) is 10.7. The standard InChI is InChI=1S/C42H30.CH2.4Al/c1-41(2,3)31-18-25-9-7-23-15-29-17-30-16-24-8-10-26-19-32(42(4,5)6)21-28-12-14-34(40(24)38(26)28)36(30)22-35(29)33-13-11-27(20-31)37(25)39(23)33;;;;;/h9-12,15-22H,1-6H3;1H2;;;;. The predicted octanol–water partition coefficient (Wildman–Crippen LogP) is 7.53. The molecule has 0 N–H and O–H groups in total. The van der Waals surface area contributed by atoms with Gasteiger partial charge in [-0.25, -0.2) is 0 Å². The molecular weight excluding hydrogens is 624 g/mol. The molecule has 9 rings (SSSR count). The molecule has 0 saturated heterocycles. The maximum absolute atomic E-state index is 4.55. The molecule has 0 heterocycles. The molecule has 0 bridgehead atoms. The fraction of sp³-hybridized carbons (Fsp3) is 0.186. The van der Waals surface area contributed by atoms with Crippen LogP contribution in [0.25, 0.3) is 86.2 Å². The van der Waals surface area contributed by atoms with Crippen LogP contribution in [0.5, 0.6) is 0 Å². The van der Waals surface area contributed by atoms with Crippen LogP contribution < -0.4 is 17.7 Å². The second-order valence-electron chi connectivity index (χ2n) is 15.8. The first-order valence-electron chi connectivity index (χ1n) is 16.5. The summed E-state index contributed by atoms with van der Waals surface area (Å²) in [4.78, 5) is 0. The fourth-order valence-corrected chi connectivity index (χ4v) is 10.4. The van der Waals surface area contributed by atoms with Gasteiger partial charge in [-0.05, 0) is 0 Å². The molecule has 0 saturated carbocycles. The van der Waals surface area contributed by atoms with E-state index in [9.17, 15) is 0 Å². The van der Waals surface area contributed by atoms with Crippen LogP contribution in [0.15, 0.2) is 72.8 Å². The van der Waals surface area contributed by atoms with Gasteiger partial charge in [0.25, 0.3) is 0 Å². The molecule has 47 heavy (non-hydrogen) atoms. The quantitative estimate of drug-likeness (QED) is 0.0975. The van der Waals surface area contributed by atoms with Gasteiger partial charge in [0.2, 0.25) is 0 Å². The Balaban J connectivity index is 1.48. The molecule has 9 aromatic carbocycles. The van der Waals surface area contributed by atoms with Crippen molar-refractivity contribution in [1.82, 2.24) is 0 Å². The van der Waals surface area contributed by atoms with Gasteiger partial charge < -0.3 is 0 Å². The maximum atomic E-state index is 4.55. The van der Waals surface area contributed by atoms with E-state index in [1.54, 1.807) is 0 Å². The van der Waals surface area contributed by atoms with E-state index in [2.05, 4.69) is 169 Å². The zero-order chi connectivity index (χ0) is 32.9. The third-order valence-corrected chi connectivity index (χ3v) is 13.0. The summed E-state index contributed by atoms with van der Waals surface area (Å²) in [6, 6.07) is 29.2. The number of fused-ring (bicyclic) bond motifs is 4. The summed E-state index contributed by atoms with van der Waals surface area (Å²) in [7, 11) is 0. The van der Waals surface area contributed by atoms with Crippen molar-refractivity contribution >= 4 is 173 Å². The van der Waals surface area contributed by atoms with Crippen LogP contribution in [0.3, 0.4) is 0 Å². The van der Waals surface area contributed by atoms with Gasteiger partial charge in [0.1, 0.15) is 0 Å². The van der Waals surface area contributed by atoms with Crippen molar-refractivity contribution in [3.63, 3.8) is 0 Å². The number of rotatable bonds is 1. The molecule has 6 radical (unpaired) electrons. The average Bonchev–Trinajstić information content (AvgIpc) is 3.00. The number of hydrogen-bond acceptors (Lipinski definition) is 0. The Bertz CT molecular complexity index is 2830. The Morgan fingerprint density at radius 3 is 1.30 bits per heavy atom. The summed E-state index contributed by atoms with van der Waals surface area (Å²) in [5.74, 6) is 0. The van der Waals surface area contributed by atoms with Gasteiger partial charge in [0, 0.05) is 0 Å². The van der Waals surface area contributed by atoms with Crippen molar-refractivity contribution in [3.8, 4) is 0 Å². The van der Waals surface area contributed by atoms with Crippen LogP contribution in [0, 0.1) is 0 Å². The van der Waals surface area contributed by atoms with Crippen molar-refractivity contribution in [2.45, 2.75) is 52.4 Å². The van der Waals surface area contributed by atoms with E-state index in [0.717, 1.165) is 0 Å². The molecule has 0 nitrogen and oxygen atoms in total. The Labute approximate surface area is 306 Å². The summed E-state index contributed by atoms with van der Waals surface area (Å²) in [6.45, 7) is 13.9. The third kappa shape index (κ3) is 4.35. The van der Waals surface area contributed by atoms with Gasteiger partial charge >= 0.3 is 288 Å². The second-order valence-corrected chi connectivity index (χ2v) is 18.7. The van der Waals surface area contributed by atoms with Gasteiger partial charge in [-0.1, -0.05) is 20.8 Å². The van der Waals surface area contributed by atoms with Crippen molar-refractivity contribution in [1.29, 1.82) is 0 Å². The van der Waals surface area contributed by atoms with Crippen LogP contribution in [0.1, 0.15) is 52.7 Å². The second kappa shape index (κ2) is 10.1. The van der Waals surface area contributed by atoms with Gasteiger partial charge in [0.15, 0.2) is 0 Å². The molecule has 4 heteroatoms. The van der Waals surface area contributed by atoms with Crippen LogP contribution in [-0.2, 0) is 10.8 Å². The fourth-order valence-electron chi connectivity index (χ4n) is 8.28. The summed E-state index contributed by atoms with van der Waals surface area (Å²) >= 11 is 9.10. The van der Waals surface area contributed by atoms with Crippen LogP contribution in [-0.4, -0.2) is 69.0 Å². The molecule has 0 amide bonds. The topological polar surface area (TPSA) is 0 Å². The molecule has 0 aliphatic heterocycles. The van der Waals surface area contributed by atoms with E-state index in [1.807, 2.05) is 0 Å². The normalized spacial score (nSPS) is 13.1. The van der Waals surface area contributed by atoms with Crippen molar-refractivity contribution < 1.29 is 0 Å². The van der Waals surface area contributed by atoms with E-state index < -0.39 is 0 Å². The van der Waals surface area contributed by atoms with Crippen LogP contribution in [0.2, 0.25) is 0 Å². The van der Waals surface area contributed by atoms with Gasteiger partial charge in [0.05, 0.1) is 0 Å². The van der Waals surface area contributed by atoms with E-state index in [1.165, 1.54) is 115 Å². The van der Waals surface area contributed by atoms with E-state index in [-0.39, 0.29) is 25.6 Å². The Hall–Kier alpha value is -2.42. The molecule has 0 fully saturated rings. The van der Waals surface area contributed by atoms with Gasteiger partial charge in [-0.2, -0.15) is 0 Å². The molecule has 0 aromatic heterocycles. The molecule has 0 atom stereocenters. The van der Waals surface area contributed by atoms with Crippen molar-refractivity contribution in [2.75, 3.05) is 0 Å².